The monoisotopic (exact) mass is 158 g/mol. The van der Waals surface area contributed by atoms with E-state index in [9.17, 15) is 4.57 Å². The van der Waals surface area contributed by atoms with Crippen LogP contribution < -0.4 is 18.9 Å². The van der Waals surface area contributed by atoms with Crippen molar-refractivity contribution in [3.63, 3.8) is 0 Å². The maximum absolute atomic E-state index is 11.0. The van der Waals surface area contributed by atoms with Crippen LogP contribution in [0.1, 0.15) is 1.43 Å². The maximum Gasteiger partial charge on any atom is 1.00 e. The van der Waals surface area contributed by atoms with Crippen molar-refractivity contribution in [3.05, 3.63) is 12.7 Å². The van der Waals surface area contributed by atoms with Gasteiger partial charge in [0.1, 0.15) is 0 Å². The Morgan fingerprint density at radius 3 is 2.10 bits per heavy atom. The predicted molar refractivity (Wildman–Crippen MR) is 37.8 cm³/mol. The van der Waals surface area contributed by atoms with Gasteiger partial charge in [-0.2, -0.15) is 0 Å². The molecule has 0 rings (SSSR count). The largest absolute Gasteiger partial charge is 1.00 e. The van der Waals surface area contributed by atoms with Crippen LogP contribution in [-0.4, -0.2) is 20.4 Å². The average molecular weight is 158 g/mol. The van der Waals surface area contributed by atoms with Crippen LogP contribution in [0.5, 0.6) is 0 Å². The van der Waals surface area contributed by atoms with Crippen LogP contribution in [0.4, 0.5) is 0 Å². The summed E-state index contributed by atoms with van der Waals surface area (Å²) in [6.45, 7) is 3.41. The van der Waals surface area contributed by atoms with Gasteiger partial charge < -0.3 is 10.5 Å². The fraction of sp³-hybridized carbons (Fsp3) is 0.600. The van der Waals surface area contributed by atoms with Crippen molar-refractivity contribution in [1.82, 2.24) is 0 Å². The smallest absolute Gasteiger partial charge is 1.00 e. The summed E-state index contributed by atoms with van der Waals surface area (Å²) >= 11 is 0. The molecule has 0 radical (unpaired) electrons. The van der Waals surface area contributed by atoms with Crippen molar-refractivity contribution < 1.29 is 33.9 Å². The molecular formula is C5H12LiO3P. The second-order valence-corrected chi connectivity index (χ2v) is 3.76. The minimum absolute atomic E-state index is 0. The van der Waals surface area contributed by atoms with Gasteiger partial charge in [-0.1, -0.05) is 6.08 Å². The molecule has 0 bridgehead atoms. The van der Waals surface area contributed by atoms with Gasteiger partial charge in [0.2, 0.25) is 0 Å². The molecular weight excluding hydrogens is 146 g/mol. The fourth-order valence-electron chi connectivity index (χ4n) is 0.382. The topological polar surface area (TPSA) is 35.5 Å². The minimum atomic E-state index is -2.80. The average Bonchev–Trinajstić information content (AvgIpc) is 1.89. The molecule has 0 saturated heterocycles. The Kier molecular flexibility index (Phi) is 8.14. The third kappa shape index (κ3) is 4.33. The van der Waals surface area contributed by atoms with Crippen molar-refractivity contribution in [3.8, 4) is 0 Å². The Bertz CT molecular complexity index is 134. The predicted octanol–water partition coefficient (Wildman–Crippen LogP) is -1.23. The first-order valence-electron chi connectivity index (χ1n) is 2.50. The van der Waals surface area contributed by atoms with Crippen molar-refractivity contribution in [2.45, 2.75) is 0 Å². The van der Waals surface area contributed by atoms with E-state index in [2.05, 4.69) is 15.6 Å². The van der Waals surface area contributed by atoms with Crippen molar-refractivity contribution in [2.75, 3.05) is 20.4 Å². The molecule has 3 nitrogen and oxygen atoms in total. The molecule has 0 aromatic heterocycles. The Morgan fingerprint density at radius 1 is 1.60 bits per heavy atom. The van der Waals surface area contributed by atoms with E-state index in [0.717, 1.165) is 0 Å². The van der Waals surface area contributed by atoms with E-state index in [4.69, 9.17) is 0 Å². The molecule has 0 amide bonds. The van der Waals surface area contributed by atoms with Gasteiger partial charge in [-0.3, -0.25) is 4.57 Å². The number of rotatable bonds is 4. The molecule has 0 unspecified atom stereocenters. The molecule has 0 aromatic rings. The third-order valence-corrected chi connectivity index (χ3v) is 2.73. The van der Waals surface area contributed by atoms with Gasteiger partial charge in [0.15, 0.2) is 0 Å². The normalized spacial score (nSPS) is 10.2. The van der Waals surface area contributed by atoms with Gasteiger partial charge in [0, 0.05) is 14.2 Å². The van der Waals surface area contributed by atoms with Gasteiger partial charge in [0.05, 0.1) is 6.16 Å². The summed E-state index contributed by atoms with van der Waals surface area (Å²) in [6, 6.07) is 0. The van der Waals surface area contributed by atoms with Crippen LogP contribution in [0.15, 0.2) is 12.7 Å². The number of hydrogen-bond donors (Lipinski definition) is 0. The van der Waals surface area contributed by atoms with E-state index in [-0.39, 0.29) is 26.4 Å². The molecule has 0 aromatic carbocycles. The second-order valence-electron chi connectivity index (χ2n) is 1.45. The summed E-state index contributed by atoms with van der Waals surface area (Å²) < 4.78 is 20.2. The van der Waals surface area contributed by atoms with Crippen LogP contribution in [0.25, 0.3) is 0 Å². The fourth-order valence-corrected chi connectivity index (χ4v) is 1.15. The van der Waals surface area contributed by atoms with Gasteiger partial charge in [0.25, 0.3) is 0 Å². The standard InChI is InChI=1S/C5H11O3P.Li.H/c1-4-5-9(6,7-2)8-3;;/h4H,1,5H2,2-3H3;;/q;+1;-1. The number of allylic oxidation sites excluding steroid dienone is 1. The first kappa shape index (κ1) is 13.1. The van der Waals surface area contributed by atoms with Gasteiger partial charge in [-0.25, -0.2) is 0 Å². The molecule has 56 valence electrons. The Morgan fingerprint density at radius 2 is 2.00 bits per heavy atom. The van der Waals surface area contributed by atoms with E-state index >= 15 is 0 Å². The second kappa shape index (κ2) is 6.21. The number of hydrogen-bond acceptors (Lipinski definition) is 3. The summed E-state index contributed by atoms with van der Waals surface area (Å²) in [7, 11) is -0.0893. The van der Waals surface area contributed by atoms with E-state index in [1.165, 1.54) is 20.3 Å². The van der Waals surface area contributed by atoms with E-state index in [1.54, 1.807) is 0 Å². The first-order valence-corrected chi connectivity index (χ1v) is 4.22. The molecule has 0 aliphatic rings. The Labute approximate surface area is 75.0 Å². The van der Waals surface area contributed by atoms with E-state index in [0.29, 0.717) is 0 Å². The van der Waals surface area contributed by atoms with Gasteiger partial charge in [-0.05, 0) is 0 Å². The Hall–Kier alpha value is 0.487. The maximum atomic E-state index is 11.0. The van der Waals surface area contributed by atoms with Crippen molar-refractivity contribution in [2.24, 2.45) is 0 Å². The molecule has 0 N–H and O–H groups in total. The van der Waals surface area contributed by atoms with E-state index < -0.39 is 7.60 Å². The zero-order valence-corrected chi connectivity index (χ0v) is 7.56. The minimum Gasteiger partial charge on any atom is -1.00 e. The molecule has 0 heterocycles. The molecule has 0 aliphatic heterocycles. The Balaban J connectivity index is -0.000000320. The zero-order chi connectivity index (χ0) is 7.33. The van der Waals surface area contributed by atoms with Crippen LogP contribution in [0.3, 0.4) is 0 Å². The van der Waals surface area contributed by atoms with Crippen molar-refractivity contribution in [1.29, 1.82) is 0 Å². The molecule has 0 fully saturated rings. The third-order valence-electron chi connectivity index (χ3n) is 0.909. The van der Waals surface area contributed by atoms with Crippen molar-refractivity contribution >= 4 is 7.60 Å². The molecule has 0 atom stereocenters. The molecule has 10 heavy (non-hydrogen) atoms. The SMILES string of the molecule is C=CCP(=O)(OC)OC.[H-].[Li+]. The summed E-state index contributed by atoms with van der Waals surface area (Å²) in [5.41, 5.74) is 0. The quantitative estimate of drug-likeness (QED) is 0.292. The van der Waals surface area contributed by atoms with Crippen LogP contribution in [-0.2, 0) is 13.6 Å². The molecule has 0 saturated carbocycles. The van der Waals surface area contributed by atoms with Crippen LogP contribution in [0.2, 0.25) is 0 Å². The van der Waals surface area contributed by atoms with Gasteiger partial charge in [-0.15, -0.1) is 6.58 Å². The van der Waals surface area contributed by atoms with Crippen LogP contribution >= 0.6 is 7.60 Å². The zero-order valence-electron chi connectivity index (χ0n) is 7.66. The summed E-state index contributed by atoms with van der Waals surface area (Å²) in [6.07, 6.45) is 1.77. The van der Waals surface area contributed by atoms with Crippen LogP contribution in [0, 0.1) is 0 Å². The molecule has 0 spiro atoms. The summed E-state index contributed by atoms with van der Waals surface area (Å²) in [4.78, 5) is 0. The summed E-state index contributed by atoms with van der Waals surface area (Å²) in [5.74, 6) is 0. The first-order chi connectivity index (χ1) is 4.18. The molecule has 5 heteroatoms. The molecule has 0 aliphatic carbocycles. The van der Waals surface area contributed by atoms with E-state index in [1.807, 2.05) is 0 Å². The van der Waals surface area contributed by atoms with Gasteiger partial charge >= 0.3 is 26.5 Å². The summed E-state index contributed by atoms with van der Waals surface area (Å²) in [5, 5.41) is 0.